The summed E-state index contributed by atoms with van der Waals surface area (Å²) in [5.74, 6) is -2.79. The summed E-state index contributed by atoms with van der Waals surface area (Å²) in [5, 5.41) is 17.2. The number of rotatable bonds is 14. The molecule has 4 amide bonds. The van der Waals surface area contributed by atoms with Crippen LogP contribution < -0.4 is 33.2 Å². The zero-order valence-electron chi connectivity index (χ0n) is 23.4. The van der Waals surface area contributed by atoms with E-state index in [1.54, 1.807) is 4.90 Å². The lowest BCUT2D eigenvalue weighted by atomic mass is 9.54. The van der Waals surface area contributed by atoms with Crippen LogP contribution in [0.25, 0.3) is 0 Å². The van der Waals surface area contributed by atoms with E-state index in [-0.39, 0.29) is 30.8 Å². The number of nitrogens with zero attached hydrogens (tertiary/aromatic N) is 1. The van der Waals surface area contributed by atoms with E-state index in [9.17, 15) is 29.1 Å². The van der Waals surface area contributed by atoms with Crippen molar-refractivity contribution in [3.05, 3.63) is 35.9 Å². The van der Waals surface area contributed by atoms with Crippen LogP contribution in [-0.2, 0) is 30.4 Å². The second-order valence-electron chi connectivity index (χ2n) is 11.3. The number of amides is 4. The largest absolute Gasteiger partial charge is 0.480 e. The number of carboxylic acid groups (broad SMARTS) is 1. The Bertz CT molecular complexity index is 1080. The molecule has 0 bridgehead atoms. The minimum absolute atomic E-state index is 0.165. The van der Waals surface area contributed by atoms with Gasteiger partial charge in [0.05, 0.1) is 13.1 Å². The number of carboxylic acids is 1. The number of hydrogen-bond acceptors (Lipinski definition) is 8. The number of carbonyl (C=O) groups excluding carboxylic acids is 4. The zero-order valence-corrected chi connectivity index (χ0v) is 23.4. The summed E-state index contributed by atoms with van der Waals surface area (Å²) >= 11 is 0. The first-order chi connectivity index (χ1) is 19.5. The SMILES string of the molecule is NCCCCC(NC(=O)CNC(=O)C(Cc1ccccc1)NC(=O)CN)C(=O)N1CCC2(CC1)CC(N)(C(=O)O)C2. The van der Waals surface area contributed by atoms with Gasteiger partial charge in [-0.05, 0) is 62.5 Å². The van der Waals surface area contributed by atoms with Crippen molar-refractivity contribution >= 4 is 29.6 Å². The molecular formula is C28H43N7O6. The fourth-order valence-electron chi connectivity index (χ4n) is 5.81. The maximum atomic E-state index is 13.4. The number of nitrogens with one attached hydrogen (secondary N) is 3. The van der Waals surface area contributed by atoms with Gasteiger partial charge in [0.15, 0.2) is 0 Å². The molecule has 2 aliphatic rings. The molecule has 0 radical (unpaired) electrons. The van der Waals surface area contributed by atoms with Crippen molar-refractivity contribution in [1.82, 2.24) is 20.9 Å². The standard InChI is InChI=1S/C28H43N7O6/c29-11-5-4-8-20(25(39)35-12-9-27(10-13-35)17-28(31,18-27)26(40)41)33-23(37)16-32-24(38)21(34-22(36)15-30)14-19-6-2-1-3-7-19/h1-3,6-7,20-21H,4-5,8-18,29-31H2,(H,32,38)(H,33,37)(H,34,36)(H,40,41). The molecule has 1 spiro atoms. The van der Waals surface area contributed by atoms with Crippen molar-refractivity contribution in [2.75, 3.05) is 32.7 Å². The van der Waals surface area contributed by atoms with Crippen LogP contribution in [0.3, 0.4) is 0 Å². The monoisotopic (exact) mass is 573 g/mol. The molecule has 1 aromatic rings. The Labute approximate surface area is 239 Å². The molecule has 1 saturated heterocycles. The Hall–Kier alpha value is -3.55. The summed E-state index contributed by atoms with van der Waals surface area (Å²) in [5.41, 5.74) is 16.4. The van der Waals surface area contributed by atoms with E-state index in [0.29, 0.717) is 64.6 Å². The third kappa shape index (κ3) is 8.72. The van der Waals surface area contributed by atoms with Gasteiger partial charge >= 0.3 is 5.97 Å². The van der Waals surface area contributed by atoms with Crippen molar-refractivity contribution in [1.29, 1.82) is 0 Å². The average molecular weight is 574 g/mol. The lowest BCUT2D eigenvalue weighted by molar-refractivity contribution is -0.158. The highest BCUT2D eigenvalue weighted by Gasteiger charge is 2.57. The predicted molar refractivity (Wildman–Crippen MR) is 151 cm³/mol. The predicted octanol–water partition coefficient (Wildman–Crippen LogP) is -1.41. The molecule has 1 saturated carbocycles. The van der Waals surface area contributed by atoms with Gasteiger partial charge in [0.25, 0.3) is 0 Å². The smallest absolute Gasteiger partial charge is 0.323 e. The van der Waals surface area contributed by atoms with Crippen molar-refractivity contribution in [3.8, 4) is 0 Å². The number of piperidine rings is 1. The Balaban J connectivity index is 1.55. The second-order valence-corrected chi connectivity index (χ2v) is 11.3. The second kappa shape index (κ2) is 14.4. The lowest BCUT2D eigenvalue weighted by Crippen LogP contribution is -2.65. The topological polar surface area (TPSA) is 223 Å². The molecule has 1 aliphatic carbocycles. The number of unbranched alkanes of at least 4 members (excludes halogenated alkanes) is 1. The summed E-state index contributed by atoms with van der Waals surface area (Å²) in [6.07, 6.45) is 4.03. The number of nitrogens with two attached hydrogens (primary N) is 3. The zero-order chi connectivity index (χ0) is 30.0. The van der Waals surface area contributed by atoms with Gasteiger partial charge < -0.3 is 43.2 Å². The van der Waals surface area contributed by atoms with Gasteiger partial charge in [0, 0.05) is 19.5 Å². The van der Waals surface area contributed by atoms with Crippen molar-refractivity contribution in [3.63, 3.8) is 0 Å². The normalized spacial score (nSPS) is 18.5. The third-order valence-corrected chi connectivity index (χ3v) is 8.07. The quantitative estimate of drug-likeness (QED) is 0.130. The Morgan fingerprint density at radius 3 is 2.15 bits per heavy atom. The average Bonchev–Trinajstić information content (AvgIpc) is 2.94. The fourth-order valence-corrected chi connectivity index (χ4v) is 5.81. The minimum atomic E-state index is -1.19. The lowest BCUT2D eigenvalue weighted by Gasteiger charge is -2.55. The number of hydrogen-bond donors (Lipinski definition) is 7. The van der Waals surface area contributed by atoms with Crippen LogP contribution in [0, 0.1) is 5.41 Å². The van der Waals surface area contributed by atoms with Gasteiger partial charge in [-0.2, -0.15) is 0 Å². The first-order valence-electron chi connectivity index (χ1n) is 14.1. The van der Waals surface area contributed by atoms with Crippen LogP contribution >= 0.6 is 0 Å². The van der Waals surface area contributed by atoms with Gasteiger partial charge in [-0.15, -0.1) is 0 Å². The molecule has 3 rings (SSSR count). The number of likely N-dealkylation sites (tertiary alicyclic amines) is 1. The number of aliphatic carboxylic acids is 1. The number of carbonyl (C=O) groups is 5. The van der Waals surface area contributed by atoms with Crippen molar-refractivity contribution in [2.24, 2.45) is 22.6 Å². The molecule has 2 fully saturated rings. The van der Waals surface area contributed by atoms with Crippen molar-refractivity contribution < 1.29 is 29.1 Å². The molecule has 1 aliphatic heterocycles. The Kier molecular flexibility index (Phi) is 11.2. The molecule has 1 aromatic carbocycles. The molecule has 0 aromatic heterocycles. The molecule has 2 atom stereocenters. The molecule has 1 heterocycles. The highest BCUT2D eigenvalue weighted by atomic mass is 16.4. The van der Waals surface area contributed by atoms with Gasteiger partial charge in [0.2, 0.25) is 23.6 Å². The van der Waals surface area contributed by atoms with Crippen LogP contribution in [0.4, 0.5) is 0 Å². The van der Waals surface area contributed by atoms with E-state index >= 15 is 0 Å². The Morgan fingerprint density at radius 2 is 1.56 bits per heavy atom. The summed E-state index contributed by atoms with van der Waals surface area (Å²) in [7, 11) is 0. The van der Waals surface area contributed by atoms with Gasteiger partial charge in [-0.25, -0.2) is 0 Å². The van der Waals surface area contributed by atoms with E-state index < -0.39 is 41.3 Å². The first-order valence-corrected chi connectivity index (χ1v) is 14.1. The molecule has 226 valence electrons. The van der Waals surface area contributed by atoms with Crippen LogP contribution in [0.15, 0.2) is 30.3 Å². The maximum absolute atomic E-state index is 13.4. The molecule has 41 heavy (non-hydrogen) atoms. The van der Waals surface area contributed by atoms with Crippen LogP contribution in [-0.4, -0.2) is 90.0 Å². The molecule has 13 nitrogen and oxygen atoms in total. The first kappa shape index (κ1) is 32.0. The van der Waals surface area contributed by atoms with Crippen LogP contribution in [0.5, 0.6) is 0 Å². The van der Waals surface area contributed by atoms with Crippen LogP contribution in [0.1, 0.15) is 50.5 Å². The van der Waals surface area contributed by atoms with E-state index in [1.165, 1.54) is 0 Å². The van der Waals surface area contributed by atoms with Gasteiger partial charge in [0.1, 0.15) is 17.6 Å². The fraction of sp³-hybridized carbons (Fsp3) is 0.607. The summed E-state index contributed by atoms with van der Waals surface area (Å²) in [6.45, 7) is 0.710. The minimum Gasteiger partial charge on any atom is -0.480 e. The van der Waals surface area contributed by atoms with E-state index in [1.807, 2.05) is 30.3 Å². The van der Waals surface area contributed by atoms with E-state index in [2.05, 4.69) is 16.0 Å². The maximum Gasteiger partial charge on any atom is 0.323 e. The summed E-state index contributed by atoms with van der Waals surface area (Å²) < 4.78 is 0. The third-order valence-electron chi connectivity index (χ3n) is 8.07. The molecule has 2 unspecified atom stereocenters. The summed E-state index contributed by atoms with van der Waals surface area (Å²) in [4.78, 5) is 64.1. The van der Waals surface area contributed by atoms with Gasteiger partial charge in [-0.3, -0.25) is 24.0 Å². The van der Waals surface area contributed by atoms with E-state index in [4.69, 9.17) is 17.2 Å². The van der Waals surface area contributed by atoms with E-state index in [0.717, 1.165) is 5.56 Å². The molecular weight excluding hydrogens is 530 g/mol. The number of benzene rings is 1. The molecule has 13 heteroatoms. The van der Waals surface area contributed by atoms with Gasteiger partial charge in [-0.1, -0.05) is 30.3 Å². The Morgan fingerprint density at radius 1 is 0.927 bits per heavy atom. The van der Waals surface area contributed by atoms with Crippen LogP contribution in [0.2, 0.25) is 0 Å². The highest BCUT2D eigenvalue weighted by Crippen LogP contribution is 2.53. The molecule has 10 N–H and O–H groups in total. The van der Waals surface area contributed by atoms with Crippen molar-refractivity contribution in [2.45, 2.75) is 69.0 Å². The highest BCUT2D eigenvalue weighted by molar-refractivity contribution is 5.93. The summed E-state index contributed by atoms with van der Waals surface area (Å²) in [6, 6.07) is 7.41.